The highest BCUT2D eigenvalue weighted by atomic mass is 35.5. The number of nitrogens with two attached hydrogens (primary N) is 1. The summed E-state index contributed by atoms with van der Waals surface area (Å²) >= 11 is 6.65. The Labute approximate surface area is 193 Å². The van der Waals surface area contributed by atoms with Crippen LogP contribution in [0.3, 0.4) is 0 Å². The van der Waals surface area contributed by atoms with E-state index in [4.69, 9.17) is 27.0 Å². The molecule has 4 N–H and O–H groups in total. The van der Waals surface area contributed by atoms with Gasteiger partial charge in [-0.1, -0.05) is 47.1 Å². The van der Waals surface area contributed by atoms with Gasteiger partial charge in [0.15, 0.2) is 5.69 Å². The molecule has 0 aliphatic carbocycles. The summed E-state index contributed by atoms with van der Waals surface area (Å²) in [6.45, 7) is 4.01. The first kappa shape index (κ1) is 22.3. The predicted octanol–water partition coefficient (Wildman–Crippen LogP) is 4.52. The van der Waals surface area contributed by atoms with Crippen LogP contribution in [0.25, 0.3) is 28.1 Å². The minimum atomic E-state index is -1.00. The fraction of sp³-hybridized carbons (Fsp3) is 0.130. The maximum absolute atomic E-state index is 10.1. The molecule has 0 amide bonds. The van der Waals surface area contributed by atoms with Gasteiger partial charge < -0.3 is 19.9 Å². The molecule has 0 atom stereocenters. The lowest BCUT2D eigenvalue weighted by atomic mass is 10.2. The lowest BCUT2D eigenvalue weighted by molar-refractivity contribution is 0.0690. The van der Waals surface area contributed by atoms with Gasteiger partial charge in [0.1, 0.15) is 5.69 Å². The van der Waals surface area contributed by atoms with Crippen molar-refractivity contribution in [2.75, 3.05) is 0 Å². The zero-order valence-corrected chi connectivity index (χ0v) is 18.7. The van der Waals surface area contributed by atoms with E-state index in [0.29, 0.717) is 23.3 Å². The number of aryl methyl sites for hydroxylation is 2. The van der Waals surface area contributed by atoms with Gasteiger partial charge in [0.25, 0.3) is 0 Å². The number of carboxylic acids is 1. The van der Waals surface area contributed by atoms with Crippen molar-refractivity contribution in [1.82, 2.24) is 24.9 Å². The van der Waals surface area contributed by atoms with Gasteiger partial charge in [-0.05, 0) is 36.8 Å². The molecule has 33 heavy (non-hydrogen) atoms. The number of benzene rings is 2. The standard InChI is InChI=1S/C18H15ClN4O.C5H6N2O2/c1-11-21-18(22-24-11)17-16(19)14-4-2-3-5-15(14)23(17)13-8-6-12(10-20)7-9-13;1-3-2-4(5(8)9)7-6-3/h2-9H,10,20H2,1H3;2H,1H3,(H,6,7)(H,8,9). The van der Waals surface area contributed by atoms with Gasteiger partial charge in [0.05, 0.1) is 10.5 Å². The molecule has 0 aliphatic rings. The normalized spacial score (nSPS) is 10.8. The number of H-pyrrole nitrogens is 1. The number of halogens is 1. The van der Waals surface area contributed by atoms with Crippen LogP contribution >= 0.6 is 11.6 Å². The number of nitrogens with zero attached hydrogens (tertiary/aromatic N) is 4. The number of carboxylic acid groups (broad SMARTS) is 1. The number of aromatic carboxylic acids is 1. The van der Waals surface area contributed by atoms with Gasteiger partial charge in [-0.15, -0.1) is 0 Å². The van der Waals surface area contributed by atoms with E-state index in [1.165, 1.54) is 6.07 Å². The summed E-state index contributed by atoms with van der Waals surface area (Å²) in [5.74, 6) is -0.0349. The Kier molecular flexibility index (Phi) is 6.25. The first-order valence-electron chi connectivity index (χ1n) is 10.0. The Balaban J connectivity index is 0.000000243. The average molecular weight is 465 g/mol. The molecule has 168 valence electrons. The molecule has 3 aromatic heterocycles. The smallest absolute Gasteiger partial charge is 0.356 e. The van der Waals surface area contributed by atoms with Gasteiger partial charge >= 0.3 is 5.97 Å². The number of nitrogens with one attached hydrogen (secondary N) is 1. The lowest BCUT2D eigenvalue weighted by Crippen LogP contribution is -2.00. The molecule has 9 nitrogen and oxygen atoms in total. The summed E-state index contributed by atoms with van der Waals surface area (Å²) in [5.41, 5.74) is 10.3. The number of aromatic nitrogens is 5. The van der Waals surface area contributed by atoms with Crippen molar-refractivity contribution in [1.29, 1.82) is 0 Å². The number of fused-ring (bicyclic) bond motifs is 1. The zero-order valence-electron chi connectivity index (χ0n) is 17.9. The summed E-state index contributed by atoms with van der Waals surface area (Å²) in [6.07, 6.45) is 0. The SMILES string of the molecule is Cc1cc(C(=O)O)n[nH]1.Cc1nc(-c2c(Cl)c3ccccc3n2-c2ccc(CN)cc2)no1. The molecule has 0 aliphatic heterocycles. The first-order valence-corrected chi connectivity index (χ1v) is 10.4. The van der Waals surface area contributed by atoms with Crippen molar-refractivity contribution in [2.45, 2.75) is 20.4 Å². The molecule has 0 unspecified atom stereocenters. The second-order valence-corrected chi connectivity index (χ2v) is 7.64. The fourth-order valence-corrected chi connectivity index (χ4v) is 3.70. The van der Waals surface area contributed by atoms with E-state index >= 15 is 0 Å². The van der Waals surface area contributed by atoms with Gasteiger partial charge in [0.2, 0.25) is 11.7 Å². The van der Waals surface area contributed by atoms with Crippen LogP contribution in [0.1, 0.15) is 27.6 Å². The molecule has 5 aromatic rings. The first-order chi connectivity index (χ1) is 15.9. The van der Waals surface area contributed by atoms with Crippen LogP contribution in [-0.2, 0) is 6.54 Å². The third-order valence-electron chi connectivity index (χ3n) is 4.91. The van der Waals surface area contributed by atoms with E-state index in [1.54, 1.807) is 13.8 Å². The van der Waals surface area contributed by atoms with Crippen LogP contribution in [-0.4, -0.2) is 36.0 Å². The number of rotatable bonds is 4. The van der Waals surface area contributed by atoms with E-state index in [2.05, 4.69) is 20.3 Å². The van der Waals surface area contributed by atoms with Crippen LogP contribution in [0.5, 0.6) is 0 Å². The Morgan fingerprint density at radius 2 is 1.91 bits per heavy atom. The predicted molar refractivity (Wildman–Crippen MR) is 124 cm³/mol. The average Bonchev–Trinajstić information content (AvgIpc) is 3.52. The van der Waals surface area contributed by atoms with Crippen LogP contribution < -0.4 is 5.73 Å². The molecule has 0 fully saturated rings. The number of hydrogen-bond acceptors (Lipinski definition) is 6. The molecule has 0 bridgehead atoms. The number of aromatic amines is 1. The maximum atomic E-state index is 10.1. The topological polar surface area (TPSA) is 136 Å². The Morgan fingerprint density at radius 1 is 1.18 bits per heavy atom. The van der Waals surface area contributed by atoms with Crippen molar-refractivity contribution < 1.29 is 14.4 Å². The quantitative estimate of drug-likeness (QED) is 0.355. The van der Waals surface area contributed by atoms with E-state index < -0.39 is 5.97 Å². The van der Waals surface area contributed by atoms with Crippen molar-refractivity contribution in [2.24, 2.45) is 5.73 Å². The van der Waals surface area contributed by atoms with E-state index in [1.807, 2.05) is 53.1 Å². The van der Waals surface area contributed by atoms with Crippen LogP contribution in [0.15, 0.2) is 59.1 Å². The molecule has 3 heterocycles. The minimum absolute atomic E-state index is 0.0625. The van der Waals surface area contributed by atoms with E-state index in [0.717, 1.165) is 33.5 Å². The van der Waals surface area contributed by atoms with Gasteiger partial charge in [-0.3, -0.25) is 5.10 Å². The highest BCUT2D eigenvalue weighted by Gasteiger charge is 2.22. The number of carbonyl (C=O) groups is 1. The third kappa shape index (κ3) is 4.50. The fourth-order valence-electron chi connectivity index (χ4n) is 3.37. The van der Waals surface area contributed by atoms with E-state index in [-0.39, 0.29) is 5.69 Å². The largest absolute Gasteiger partial charge is 0.476 e. The minimum Gasteiger partial charge on any atom is -0.476 e. The zero-order chi connectivity index (χ0) is 23.5. The van der Waals surface area contributed by atoms with Gasteiger partial charge in [-0.25, -0.2) is 4.79 Å². The molecule has 0 saturated carbocycles. The summed E-state index contributed by atoms with van der Waals surface area (Å²) in [6, 6.07) is 17.5. The third-order valence-corrected chi connectivity index (χ3v) is 5.29. The van der Waals surface area contributed by atoms with Crippen molar-refractivity contribution in [3.8, 4) is 17.2 Å². The number of para-hydroxylation sites is 1. The number of hydrogen-bond donors (Lipinski definition) is 3. The molecule has 5 rings (SSSR count). The summed E-state index contributed by atoms with van der Waals surface area (Å²) in [5, 5.41) is 19.9. The lowest BCUT2D eigenvalue weighted by Gasteiger charge is -2.09. The van der Waals surface area contributed by atoms with E-state index in [9.17, 15) is 4.79 Å². The summed E-state index contributed by atoms with van der Waals surface area (Å²) in [4.78, 5) is 14.5. The van der Waals surface area contributed by atoms with Gasteiger partial charge in [0, 0.05) is 30.2 Å². The molecule has 0 saturated heterocycles. The van der Waals surface area contributed by atoms with Crippen molar-refractivity contribution in [3.63, 3.8) is 0 Å². The highest BCUT2D eigenvalue weighted by molar-refractivity contribution is 6.38. The second-order valence-electron chi connectivity index (χ2n) is 7.26. The molecule has 2 aromatic carbocycles. The maximum Gasteiger partial charge on any atom is 0.356 e. The second kappa shape index (κ2) is 9.27. The van der Waals surface area contributed by atoms with Crippen molar-refractivity contribution in [3.05, 3.63) is 82.5 Å². The Bertz CT molecular complexity index is 1420. The van der Waals surface area contributed by atoms with Gasteiger partial charge in [-0.2, -0.15) is 10.1 Å². The molecule has 0 spiro atoms. The molecular weight excluding hydrogens is 444 g/mol. The summed E-state index contributed by atoms with van der Waals surface area (Å²) < 4.78 is 7.19. The van der Waals surface area contributed by atoms with Crippen molar-refractivity contribution >= 4 is 28.5 Å². The summed E-state index contributed by atoms with van der Waals surface area (Å²) in [7, 11) is 0. The monoisotopic (exact) mass is 464 g/mol. The molecule has 0 radical (unpaired) electrons. The van der Waals surface area contributed by atoms with Crippen LogP contribution in [0.4, 0.5) is 0 Å². The van der Waals surface area contributed by atoms with Crippen LogP contribution in [0.2, 0.25) is 5.02 Å². The Morgan fingerprint density at radius 3 is 2.45 bits per heavy atom. The van der Waals surface area contributed by atoms with Crippen LogP contribution in [0, 0.1) is 13.8 Å². The Hall–Kier alpha value is -3.95. The molecule has 10 heteroatoms. The highest BCUT2D eigenvalue weighted by Crippen LogP contribution is 2.38. The molecular formula is C23H21ClN6O3.